The van der Waals surface area contributed by atoms with Gasteiger partial charge in [-0.3, -0.25) is 4.79 Å². The Morgan fingerprint density at radius 3 is 2.65 bits per heavy atom. The summed E-state index contributed by atoms with van der Waals surface area (Å²) >= 11 is 1.42. The van der Waals surface area contributed by atoms with Crippen molar-refractivity contribution in [3.05, 3.63) is 48.0 Å². The largest absolute Gasteiger partial charge is 0.288 e. The van der Waals surface area contributed by atoms with Gasteiger partial charge in [0.2, 0.25) is 0 Å². The highest BCUT2D eigenvalue weighted by molar-refractivity contribution is 8.13. The minimum atomic E-state index is 0.212. The number of carbonyl (C=O) groups is 1. The maximum absolute atomic E-state index is 10.8. The fraction of sp³-hybridized carbons (Fsp3) is 0.267. The number of aryl methyl sites for hydroxylation is 1. The number of hydrogen-bond donors (Lipinski definition) is 0. The summed E-state index contributed by atoms with van der Waals surface area (Å²) in [6, 6.07) is 15.0. The first-order valence-corrected chi connectivity index (χ1v) is 6.85. The molecule has 0 radical (unpaired) electrons. The average Bonchev–Trinajstić information content (AvgIpc) is 2.34. The minimum Gasteiger partial charge on any atom is -0.288 e. The molecule has 0 bridgehead atoms. The number of rotatable bonds is 4. The van der Waals surface area contributed by atoms with E-state index in [1.807, 2.05) is 0 Å². The smallest absolute Gasteiger partial charge is 0.185 e. The normalized spacial score (nSPS) is 10.6. The molecule has 0 aliphatic heterocycles. The monoisotopic (exact) mass is 244 g/mol. The topological polar surface area (TPSA) is 17.1 Å². The molecule has 2 rings (SSSR count). The predicted octanol–water partition coefficient (Wildman–Crippen LogP) is 4.05. The van der Waals surface area contributed by atoms with Crippen LogP contribution in [0.15, 0.2) is 42.5 Å². The number of thioether (sulfide) groups is 1. The van der Waals surface area contributed by atoms with Crippen molar-refractivity contribution in [3.8, 4) is 0 Å². The van der Waals surface area contributed by atoms with Crippen molar-refractivity contribution >= 4 is 27.6 Å². The second-order valence-electron chi connectivity index (χ2n) is 4.13. The Hall–Kier alpha value is -1.28. The molecule has 0 aliphatic rings. The molecular formula is C15H16OS. The lowest BCUT2D eigenvalue weighted by atomic mass is 10.0. The van der Waals surface area contributed by atoms with E-state index in [-0.39, 0.29) is 5.12 Å². The number of fused-ring (bicyclic) bond motifs is 1. The Morgan fingerprint density at radius 1 is 1.12 bits per heavy atom. The van der Waals surface area contributed by atoms with Crippen molar-refractivity contribution in [1.29, 1.82) is 0 Å². The second-order valence-corrected chi connectivity index (χ2v) is 5.40. The van der Waals surface area contributed by atoms with Crippen molar-refractivity contribution in [1.82, 2.24) is 0 Å². The van der Waals surface area contributed by atoms with Crippen LogP contribution >= 0.6 is 11.8 Å². The highest BCUT2D eigenvalue weighted by Crippen LogP contribution is 2.17. The van der Waals surface area contributed by atoms with Crippen LogP contribution in [0, 0.1) is 0 Å². The van der Waals surface area contributed by atoms with Gasteiger partial charge in [-0.15, -0.1) is 0 Å². The van der Waals surface area contributed by atoms with Crippen molar-refractivity contribution in [2.45, 2.75) is 19.8 Å². The lowest BCUT2D eigenvalue weighted by molar-refractivity contribution is -0.109. The van der Waals surface area contributed by atoms with Gasteiger partial charge in [0.1, 0.15) is 0 Å². The van der Waals surface area contributed by atoms with Gasteiger partial charge in [0.05, 0.1) is 0 Å². The molecule has 0 N–H and O–H groups in total. The lowest BCUT2D eigenvalue weighted by Crippen LogP contribution is -1.90. The van der Waals surface area contributed by atoms with E-state index in [0.717, 1.165) is 18.6 Å². The first kappa shape index (κ1) is 12.2. The van der Waals surface area contributed by atoms with Gasteiger partial charge in [0.15, 0.2) is 5.12 Å². The fourth-order valence-electron chi connectivity index (χ4n) is 1.89. The van der Waals surface area contributed by atoms with Gasteiger partial charge in [-0.05, 0) is 29.2 Å². The lowest BCUT2D eigenvalue weighted by Gasteiger charge is -2.03. The summed E-state index contributed by atoms with van der Waals surface area (Å²) in [6.45, 7) is 1.63. The quantitative estimate of drug-likeness (QED) is 0.755. The second kappa shape index (κ2) is 5.87. The van der Waals surface area contributed by atoms with E-state index in [9.17, 15) is 4.79 Å². The summed E-state index contributed by atoms with van der Waals surface area (Å²) in [7, 11) is 0. The van der Waals surface area contributed by atoms with E-state index in [0.29, 0.717) is 0 Å². The molecule has 0 saturated heterocycles. The van der Waals surface area contributed by atoms with Crippen LogP contribution in [0.1, 0.15) is 18.9 Å². The van der Waals surface area contributed by atoms with Crippen molar-refractivity contribution < 1.29 is 4.79 Å². The average molecular weight is 244 g/mol. The van der Waals surface area contributed by atoms with Crippen LogP contribution in [0.3, 0.4) is 0 Å². The molecule has 0 fully saturated rings. The molecule has 2 aromatic rings. The SMILES string of the molecule is CC(=O)SCCCc1ccc2ccccc2c1. The Labute approximate surface area is 106 Å². The molecule has 0 aliphatic carbocycles. The molecule has 0 atom stereocenters. The maximum Gasteiger partial charge on any atom is 0.185 e. The van der Waals surface area contributed by atoms with Crippen LogP contribution in [-0.4, -0.2) is 10.9 Å². The van der Waals surface area contributed by atoms with Crippen LogP contribution in [0.25, 0.3) is 10.8 Å². The first-order chi connectivity index (χ1) is 8.25. The van der Waals surface area contributed by atoms with Crippen LogP contribution in [0.4, 0.5) is 0 Å². The molecule has 0 spiro atoms. The van der Waals surface area contributed by atoms with Crippen LogP contribution < -0.4 is 0 Å². The molecule has 17 heavy (non-hydrogen) atoms. The van der Waals surface area contributed by atoms with Gasteiger partial charge >= 0.3 is 0 Å². The molecule has 88 valence electrons. The Bertz CT molecular complexity index is 519. The number of benzene rings is 2. The Balaban J connectivity index is 1.97. The van der Waals surface area contributed by atoms with Crippen molar-refractivity contribution in [2.75, 3.05) is 5.75 Å². The van der Waals surface area contributed by atoms with Gasteiger partial charge in [-0.25, -0.2) is 0 Å². The van der Waals surface area contributed by atoms with Gasteiger partial charge in [-0.2, -0.15) is 0 Å². The zero-order valence-corrected chi connectivity index (χ0v) is 10.8. The zero-order chi connectivity index (χ0) is 12.1. The molecule has 0 unspecified atom stereocenters. The first-order valence-electron chi connectivity index (χ1n) is 5.87. The molecule has 2 aromatic carbocycles. The third-order valence-corrected chi connectivity index (χ3v) is 3.63. The standard InChI is InChI=1S/C15H16OS/c1-12(16)17-10-4-5-13-8-9-14-6-2-3-7-15(14)11-13/h2-3,6-9,11H,4-5,10H2,1H3. The molecule has 1 nitrogen and oxygen atoms in total. The minimum absolute atomic E-state index is 0.212. The summed E-state index contributed by atoms with van der Waals surface area (Å²) in [5.74, 6) is 0.919. The highest BCUT2D eigenvalue weighted by atomic mass is 32.2. The third-order valence-electron chi connectivity index (χ3n) is 2.73. The van der Waals surface area contributed by atoms with Crippen LogP contribution in [0.5, 0.6) is 0 Å². The van der Waals surface area contributed by atoms with Gasteiger partial charge < -0.3 is 0 Å². The van der Waals surface area contributed by atoms with Gasteiger partial charge in [0.25, 0.3) is 0 Å². The Morgan fingerprint density at radius 2 is 1.88 bits per heavy atom. The van der Waals surface area contributed by atoms with E-state index in [4.69, 9.17) is 0 Å². The molecular weight excluding hydrogens is 228 g/mol. The third kappa shape index (κ3) is 3.60. The van der Waals surface area contributed by atoms with Crippen molar-refractivity contribution in [2.24, 2.45) is 0 Å². The van der Waals surface area contributed by atoms with Gasteiger partial charge in [-0.1, -0.05) is 54.2 Å². The molecule has 0 heterocycles. The van der Waals surface area contributed by atoms with E-state index in [1.54, 1.807) is 6.92 Å². The van der Waals surface area contributed by atoms with E-state index < -0.39 is 0 Å². The predicted molar refractivity (Wildman–Crippen MR) is 75.4 cm³/mol. The number of hydrogen-bond acceptors (Lipinski definition) is 2. The molecule has 0 saturated carbocycles. The summed E-state index contributed by atoms with van der Waals surface area (Å²) in [4.78, 5) is 10.8. The summed E-state index contributed by atoms with van der Waals surface area (Å²) < 4.78 is 0. The fourth-order valence-corrected chi connectivity index (χ4v) is 2.46. The van der Waals surface area contributed by atoms with Crippen LogP contribution in [0.2, 0.25) is 0 Å². The Kier molecular flexibility index (Phi) is 4.21. The highest BCUT2D eigenvalue weighted by Gasteiger charge is 1.98. The summed E-state index contributed by atoms with van der Waals surface area (Å²) in [5.41, 5.74) is 1.35. The van der Waals surface area contributed by atoms with E-state index >= 15 is 0 Å². The van der Waals surface area contributed by atoms with Crippen molar-refractivity contribution in [3.63, 3.8) is 0 Å². The van der Waals surface area contributed by atoms with Gasteiger partial charge in [0, 0.05) is 12.7 Å². The van der Waals surface area contributed by atoms with E-state index in [1.165, 1.54) is 28.1 Å². The zero-order valence-electron chi connectivity index (χ0n) is 9.98. The molecule has 0 aromatic heterocycles. The van der Waals surface area contributed by atoms with Crippen LogP contribution in [-0.2, 0) is 11.2 Å². The summed E-state index contributed by atoms with van der Waals surface area (Å²) in [5, 5.41) is 2.79. The molecule has 2 heteroatoms. The maximum atomic E-state index is 10.8. The number of carbonyl (C=O) groups excluding carboxylic acids is 1. The summed E-state index contributed by atoms with van der Waals surface area (Å²) in [6.07, 6.45) is 2.10. The van der Waals surface area contributed by atoms with E-state index in [2.05, 4.69) is 42.5 Å². The molecule has 0 amide bonds.